The van der Waals surface area contributed by atoms with Gasteiger partial charge in [-0.1, -0.05) is 65.7 Å². The number of nitrogens with one attached hydrogen (secondary N) is 1. The van der Waals surface area contributed by atoms with E-state index in [1.807, 2.05) is 6.07 Å². The topological polar surface area (TPSA) is 70.6 Å². The van der Waals surface area contributed by atoms with Gasteiger partial charge in [-0.05, 0) is 46.9 Å². The minimum Gasteiger partial charge on any atom is -0.445 e. The van der Waals surface area contributed by atoms with Crippen LogP contribution in [0.25, 0.3) is 22.0 Å². The number of H-pyrrole nitrogens is 1. The van der Waals surface area contributed by atoms with Crippen LogP contribution in [0.15, 0.2) is 59.7 Å². The Bertz CT molecular complexity index is 1470. The van der Waals surface area contributed by atoms with Crippen LogP contribution in [-0.2, 0) is 22.4 Å². The number of hydrogen-bond donors (Lipinski definition) is 1. The van der Waals surface area contributed by atoms with Crippen LogP contribution in [0.5, 0.6) is 0 Å². The SMILES string of the molecule is CC(=O)N1N=C(c2cc(-c3ccc4c5c(cccc35)CC4)n[nH]2)O[C@H]1c1cccc(Cl)c1Cl. The Labute approximate surface area is 199 Å². The number of hydrogen-bond acceptors (Lipinski definition) is 4. The maximum Gasteiger partial charge on any atom is 0.259 e. The highest BCUT2D eigenvalue weighted by atomic mass is 35.5. The molecule has 1 aliphatic heterocycles. The molecule has 164 valence electrons. The molecule has 2 aliphatic rings. The average Bonchev–Trinajstić information content (AvgIpc) is 3.55. The Morgan fingerprint density at radius 2 is 1.88 bits per heavy atom. The lowest BCUT2D eigenvalue weighted by atomic mass is 9.98. The van der Waals surface area contributed by atoms with Crippen molar-refractivity contribution in [2.45, 2.75) is 26.0 Å². The number of benzene rings is 3. The van der Waals surface area contributed by atoms with E-state index in [4.69, 9.17) is 27.9 Å². The summed E-state index contributed by atoms with van der Waals surface area (Å²) in [4.78, 5) is 12.3. The summed E-state index contributed by atoms with van der Waals surface area (Å²) in [5.41, 5.74) is 5.70. The van der Waals surface area contributed by atoms with Crippen LogP contribution >= 0.6 is 23.2 Å². The van der Waals surface area contributed by atoms with Gasteiger partial charge in [-0.25, -0.2) is 0 Å². The third-order valence-electron chi connectivity index (χ3n) is 6.18. The van der Waals surface area contributed by atoms with Crippen molar-refractivity contribution in [3.05, 3.63) is 87.0 Å². The van der Waals surface area contributed by atoms with E-state index in [1.54, 1.807) is 18.2 Å². The van der Waals surface area contributed by atoms with Crippen molar-refractivity contribution < 1.29 is 9.53 Å². The summed E-state index contributed by atoms with van der Waals surface area (Å²) in [6, 6.07) is 17.8. The number of nitrogens with zero attached hydrogens (tertiary/aromatic N) is 3. The number of aromatic nitrogens is 2. The van der Waals surface area contributed by atoms with Crippen molar-refractivity contribution in [2.75, 3.05) is 0 Å². The van der Waals surface area contributed by atoms with Crippen molar-refractivity contribution in [2.24, 2.45) is 5.10 Å². The van der Waals surface area contributed by atoms with Gasteiger partial charge < -0.3 is 4.74 Å². The third kappa shape index (κ3) is 3.21. The van der Waals surface area contributed by atoms with Crippen molar-refractivity contribution >= 4 is 45.8 Å². The van der Waals surface area contributed by atoms with Crippen molar-refractivity contribution in [1.29, 1.82) is 0 Å². The van der Waals surface area contributed by atoms with E-state index in [-0.39, 0.29) is 11.8 Å². The summed E-state index contributed by atoms with van der Waals surface area (Å²) in [5, 5.41) is 16.4. The highest BCUT2D eigenvalue weighted by Crippen LogP contribution is 2.39. The molecule has 1 aliphatic carbocycles. The number of halogens is 2. The number of carbonyl (C=O) groups is 1. The van der Waals surface area contributed by atoms with Gasteiger partial charge in [0.15, 0.2) is 0 Å². The molecule has 0 saturated carbocycles. The van der Waals surface area contributed by atoms with Crippen LogP contribution in [0.1, 0.15) is 35.5 Å². The second kappa shape index (κ2) is 7.61. The van der Waals surface area contributed by atoms with E-state index in [9.17, 15) is 4.79 Å². The summed E-state index contributed by atoms with van der Waals surface area (Å²) in [6.07, 6.45) is 1.33. The summed E-state index contributed by atoms with van der Waals surface area (Å²) in [7, 11) is 0. The molecule has 1 aromatic heterocycles. The van der Waals surface area contributed by atoms with E-state index in [2.05, 4.69) is 45.6 Å². The van der Waals surface area contributed by atoms with Crippen LogP contribution in [0.2, 0.25) is 10.0 Å². The third-order valence-corrected chi connectivity index (χ3v) is 7.01. The van der Waals surface area contributed by atoms with E-state index in [0.29, 0.717) is 21.3 Å². The maximum atomic E-state index is 12.3. The number of ether oxygens (including phenoxy) is 1. The smallest absolute Gasteiger partial charge is 0.259 e. The lowest BCUT2D eigenvalue weighted by Gasteiger charge is -2.20. The second-order valence-electron chi connectivity index (χ2n) is 8.16. The maximum absolute atomic E-state index is 12.3. The fourth-order valence-corrected chi connectivity index (χ4v) is 5.03. The Morgan fingerprint density at radius 1 is 1.09 bits per heavy atom. The number of hydrazone groups is 1. The zero-order chi connectivity index (χ0) is 22.7. The van der Waals surface area contributed by atoms with Gasteiger partial charge in [0.2, 0.25) is 12.1 Å². The Hall–Kier alpha value is -3.35. The van der Waals surface area contributed by atoms with Gasteiger partial charge in [0.25, 0.3) is 5.90 Å². The highest BCUT2D eigenvalue weighted by molar-refractivity contribution is 6.42. The lowest BCUT2D eigenvalue weighted by molar-refractivity contribution is -0.135. The minimum absolute atomic E-state index is 0.260. The largest absolute Gasteiger partial charge is 0.445 e. The molecule has 4 aromatic rings. The summed E-state index contributed by atoms with van der Waals surface area (Å²) in [5.74, 6) is -0.0193. The van der Waals surface area contributed by atoms with Crippen LogP contribution < -0.4 is 0 Å². The Kier molecular flexibility index (Phi) is 4.67. The van der Waals surface area contributed by atoms with Gasteiger partial charge in [-0.3, -0.25) is 9.89 Å². The molecule has 3 aromatic carbocycles. The molecule has 1 atom stereocenters. The first-order valence-electron chi connectivity index (χ1n) is 10.6. The van der Waals surface area contributed by atoms with Gasteiger partial charge in [-0.2, -0.15) is 10.1 Å². The monoisotopic (exact) mass is 476 g/mol. The summed E-state index contributed by atoms with van der Waals surface area (Å²) in [6.45, 7) is 1.42. The average molecular weight is 477 g/mol. The van der Waals surface area contributed by atoms with Crippen molar-refractivity contribution in [3.8, 4) is 11.3 Å². The zero-order valence-electron chi connectivity index (χ0n) is 17.6. The number of aromatic amines is 1. The number of carbonyl (C=O) groups excluding carboxylic acids is 1. The van der Waals surface area contributed by atoms with E-state index in [1.165, 1.54) is 33.8 Å². The van der Waals surface area contributed by atoms with Gasteiger partial charge in [0.05, 0.1) is 15.7 Å². The number of amides is 1. The van der Waals surface area contributed by atoms with Crippen LogP contribution in [-0.4, -0.2) is 27.0 Å². The Morgan fingerprint density at radius 3 is 2.70 bits per heavy atom. The molecular weight excluding hydrogens is 459 g/mol. The molecule has 8 heteroatoms. The molecule has 2 heterocycles. The molecule has 1 amide bonds. The first kappa shape index (κ1) is 20.3. The van der Waals surface area contributed by atoms with Crippen LogP contribution in [0.3, 0.4) is 0 Å². The van der Waals surface area contributed by atoms with Gasteiger partial charge in [-0.15, -0.1) is 5.10 Å². The van der Waals surface area contributed by atoms with Crippen molar-refractivity contribution in [1.82, 2.24) is 15.2 Å². The molecule has 33 heavy (non-hydrogen) atoms. The minimum atomic E-state index is -0.813. The lowest BCUT2D eigenvalue weighted by Crippen LogP contribution is -2.25. The van der Waals surface area contributed by atoms with Gasteiger partial charge in [0.1, 0.15) is 5.69 Å². The van der Waals surface area contributed by atoms with Crippen LogP contribution in [0.4, 0.5) is 0 Å². The molecule has 6 rings (SSSR count). The van der Waals surface area contributed by atoms with Crippen LogP contribution in [0, 0.1) is 0 Å². The molecule has 0 saturated heterocycles. The quantitative estimate of drug-likeness (QED) is 0.401. The van der Waals surface area contributed by atoms with Crippen molar-refractivity contribution in [3.63, 3.8) is 0 Å². The molecule has 0 radical (unpaired) electrons. The fraction of sp³-hybridized carbons (Fsp3) is 0.160. The van der Waals surface area contributed by atoms with E-state index < -0.39 is 6.23 Å². The molecule has 0 unspecified atom stereocenters. The summed E-state index contributed by atoms with van der Waals surface area (Å²) >= 11 is 12.6. The number of rotatable bonds is 3. The molecule has 1 N–H and O–H groups in total. The summed E-state index contributed by atoms with van der Waals surface area (Å²) < 4.78 is 6.07. The number of aryl methyl sites for hydroxylation is 2. The molecule has 6 nitrogen and oxygen atoms in total. The van der Waals surface area contributed by atoms with Gasteiger partial charge >= 0.3 is 0 Å². The van der Waals surface area contributed by atoms with Gasteiger partial charge in [0, 0.05) is 18.1 Å². The predicted octanol–water partition coefficient (Wildman–Crippen LogP) is 5.87. The molecule has 0 bridgehead atoms. The molecule has 0 spiro atoms. The first-order chi connectivity index (χ1) is 16.0. The predicted molar refractivity (Wildman–Crippen MR) is 128 cm³/mol. The Balaban J connectivity index is 1.38. The van der Waals surface area contributed by atoms with E-state index >= 15 is 0 Å². The zero-order valence-corrected chi connectivity index (χ0v) is 19.1. The fourth-order valence-electron chi connectivity index (χ4n) is 4.63. The van der Waals surface area contributed by atoms with E-state index in [0.717, 1.165) is 24.1 Å². The molecule has 0 fully saturated rings. The normalized spacial score (nSPS) is 16.9. The highest BCUT2D eigenvalue weighted by Gasteiger charge is 2.35. The first-order valence-corrected chi connectivity index (χ1v) is 11.4. The second-order valence-corrected chi connectivity index (χ2v) is 8.95. The standard InChI is InChI=1S/C25H18Cl2N4O2/c1-13(32)31-25(18-6-3-7-19(26)23(18)27)33-24(30-31)21-12-20(28-29-21)16-11-10-15-9-8-14-4-2-5-17(16)22(14)15/h2-7,10-12,25H,8-9H2,1H3,(H,28,29)/t25-/m0/s1. The molecular formula is C25H18Cl2N4O2.